The van der Waals surface area contributed by atoms with Gasteiger partial charge in [0, 0.05) is 26.1 Å². The molecule has 1 aliphatic heterocycles. The van der Waals surface area contributed by atoms with Crippen LogP contribution in [0.25, 0.3) is 6.08 Å². The van der Waals surface area contributed by atoms with Crippen molar-refractivity contribution < 1.29 is 28.7 Å². The minimum Gasteiger partial charge on any atom is -0.434 e. The van der Waals surface area contributed by atoms with Crippen LogP contribution >= 0.6 is 0 Å². The predicted octanol–water partition coefficient (Wildman–Crippen LogP) is 3.00. The summed E-state index contributed by atoms with van der Waals surface area (Å²) in [6.45, 7) is 2.92. The molecule has 2 aromatic rings. The Labute approximate surface area is 153 Å². The molecule has 0 bridgehead atoms. The molecule has 9 nitrogen and oxygen atoms in total. The number of ether oxygens (including phenoxy) is 3. The first-order valence-electron chi connectivity index (χ1n) is 7.81. The maximum Gasteiger partial charge on any atom is 0.348 e. The van der Waals surface area contributed by atoms with E-state index < -0.39 is 22.6 Å². The molecule has 27 heavy (non-hydrogen) atoms. The van der Waals surface area contributed by atoms with Gasteiger partial charge in [-0.2, -0.15) is 0 Å². The number of hydrogen-bond donors (Lipinski definition) is 0. The van der Waals surface area contributed by atoms with Crippen LogP contribution in [0.4, 0.5) is 5.69 Å². The van der Waals surface area contributed by atoms with E-state index >= 15 is 0 Å². The van der Waals surface area contributed by atoms with Gasteiger partial charge in [0.05, 0.1) is 4.92 Å². The maximum absolute atomic E-state index is 11.9. The van der Waals surface area contributed by atoms with E-state index in [0.29, 0.717) is 11.3 Å². The zero-order chi connectivity index (χ0) is 19.6. The fraction of sp³-hybridized carbons (Fsp3) is 0.167. The van der Waals surface area contributed by atoms with Crippen LogP contribution < -0.4 is 4.74 Å². The minimum atomic E-state index is -1.30. The number of nitro groups is 1. The summed E-state index contributed by atoms with van der Waals surface area (Å²) in [4.78, 5) is 38.1. The zero-order valence-electron chi connectivity index (χ0n) is 14.4. The van der Waals surface area contributed by atoms with Crippen molar-refractivity contribution in [1.29, 1.82) is 0 Å². The summed E-state index contributed by atoms with van der Waals surface area (Å²) < 4.78 is 15.5. The van der Waals surface area contributed by atoms with Crippen LogP contribution in [0, 0.1) is 10.1 Å². The average Bonchev–Trinajstić information content (AvgIpc) is 2.59. The van der Waals surface area contributed by atoms with Gasteiger partial charge in [-0.05, 0) is 29.8 Å². The van der Waals surface area contributed by atoms with Crippen LogP contribution in [0.1, 0.15) is 19.4 Å². The summed E-state index contributed by atoms with van der Waals surface area (Å²) in [6.07, 6.45) is 2.70. The Kier molecular flexibility index (Phi) is 4.59. The number of carbonyl (C=O) groups is 2. The highest BCUT2D eigenvalue weighted by Gasteiger charge is 2.38. The van der Waals surface area contributed by atoms with Crippen molar-refractivity contribution in [1.82, 2.24) is 4.98 Å². The lowest BCUT2D eigenvalue weighted by Crippen LogP contribution is -2.41. The molecule has 138 valence electrons. The molecule has 0 amide bonds. The van der Waals surface area contributed by atoms with Crippen LogP contribution in [0.5, 0.6) is 11.6 Å². The molecule has 3 rings (SSSR count). The van der Waals surface area contributed by atoms with Gasteiger partial charge in [-0.1, -0.05) is 12.1 Å². The molecular formula is C18H14N2O7. The standard InChI is InChI=1S/C18H14N2O7/c1-18(2)26-16(21)13(17(22)27-18)10-11-5-7-12(8-6-11)25-15-14(20(23)24)4-3-9-19-15/h3-10H,1-2H3. The van der Waals surface area contributed by atoms with Crippen molar-refractivity contribution in [2.75, 3.05) is 0 Å². The van der Waals surface area contributed by atoms with Crippen molar-refractivity contribution in [3.05, 3.63) is 63.8 Å². The molecule has 1 aliphatic rings. The summed E-state index contributed by atoms with van der Waals surface area (Å²) in [5, 5.41) is 11.0. The molecule has 1 aromatic heterocycles. The second-order valence-corrected chi connectivity index (χ2v) is 5.99. The van der Waals surface area contributed by atoms with Gasteiger partial charge in [-0.25, -0.2) is 14.6 Å². The molecule has 0 radical (unpaired) electrons. The molecule has 1 aromatic carbocycles. The number of nitrogens with zero attached hydrogens (tertiary/aromatic N) is 2. The molecule has 0 unspecified atom stereocenters. The van der Waals surface area contributed by atoms with E-state index in [9.17, 15) is 19.7 Å². The summed E-state index contributed by atoms with van der Waals surface area (Å²) in [6, 6.07) is 8.89. The lowest BCUT2D eigenvalue weighted by atomic mass is 10.1. The van der Waals surface area contributed by atoms with Gasteiger partial charge in [0.1, 0.15) is 11.3 Å². The fourth-order valence-corrected chi connectivity index (χ4v) is 2.29. The lowest BCUT2D eigenvalue weighted by molar-refractivity contribution is -0.386. The molecule has 0 atom stereocenters. The van der Waals surface area contributed by atoms with Gasteiger partial charge in [0.25, 0.3) is 11.7 Å². The van der Waals surface area contributed by atoms with Crippen LogP contribution in [-0.4, -0.2) is 27.6 Å². The topological polar surface area (TPSA) is 118 Å². The average molecular weight is 370 g/mol. The van der Waals surface area contributed by atoms with Crippen LogP contribution in [0.15, 0.2) is 48.2 Å². The molecule has 0 spiro atoms. The molecule has 1 saturated heterocycles. The molecule has 1 fully saturated rings. The maximum atomic E-state index is 11.9. The smallest absolute Gasteiger partial charge is 0.348 e. The Morgan fingerprint density at radius 2 is 1.74 bits per heavy atom. The van der Waals surface area contributed by atoms with E-state index in [0.717, 1.165) is 0 Å². The second-order valence-electron chi connectivity index (χ2n) is 5.99. The molecule has 0 N–H and O–H groups in total. The number of carbonyl (C=O) groups excluding carboxylic acids is 2. The third-order valence-corrected chi connectivity index (χ3v) is 3.47. The summed E-state index contributed by atoms with van der Waals surface area (Å²) in [5.74, 6) is -2.70. The monoisotopic (exact) mass is 370 g/mol. The Balaban J connectivity index is 1.80. The summed E-state index contributed by atoms with van der Waals surface area (Å²) >= 11 is 0. The van der Waals surface area contributed by atoms with Gasteiger partial charge < -0.3 is 14.2 Å². The van der Waals surface area contributed by atoms with Gasteiger partial charge in [-0.15, -0.1) is 0 Å². The van der Waals surface area contributed by atoms with Crippen molar-refractivity contribution in [2.24, 2.45) is 0 Å². The molecule has 9 heteroatoms. The fourth-order valence-electron chi connectivity index (χ4n) is 2.29. The highest BCUT2D eigenvalue weighted by molar-refractivity contribution is 6.18. The number of hydrogen-bond acceptors (Lipinski definition) is 8. The van der Waals surface area contributed by atoms with Crippen LogP contribution in [0.2, 0.25) is 0 Å². The van der Waals surface area contributed by atoms with Gasteiger partial charge in [-0.3, -0.25) is 10.1 Å². The largest absolute Gasteiger partial charge is 0.434 e. The second kappa shape index (κ2) is 6.87. The first-order chi connectivity index (χ1) is 12.7. The summed E-state index contributed by atoms with van der Waals surface area (Å²) in [5.41, 5.74) is 0.0174. The van der Waals surface area contributed by atoms with E-state index in [2.05, 4.69) is 4.98 Å². The van der Waals surface area contributed by atoms with Crippen molar-refractivity contribution in [3.8, 4) is 11.6 Å². The van der Waals surface area contributed by atoms with E-state index in [4.69, 9.17) is 14.2 Å². The van der Waals surface area contributed by atoms with Crippen LogP contribution in [-0.2, 0) is 19.1 Å². The quantitative estimate of drug-likeness (QED) is 0.265. The third kappa shape index (κ3) is 4.09. The number of benzene rings is 1. The van der Waals surface area contributed by atoms with Crippen molar-refractivity contribution in [3.63, 3.8) is 0 Å². The molecule has 0 aliphatic carbocycles. The first-order valence-corrected chi connectivity index (χ1v) is 7.81. The Morgan fingerprint density at radius 3 is 2.33 bits per heavy atom. The van der Waals surface area contributed by atoms with E-state index in [1.54, 1.807) is 12.1 Å². The minimum absolute atomic E-state index is 0.143. The lowest BCUT2D eigenvalue weighted by Gasteiger charge is -2.29. The van der Waals surface area contributed by atoms with Gasteiger partial charge >= 0.3 is 17.6 Å². The third-order valence-electron chi connectivity index (χ3n) is 3.47. The Morgan fingerprint density at radius 1 is 1.11 bits per heavy atom. The van der Waals surface area contributed by atoms with Crippen molar-refractivity contribution >= 4 is 23.7 Å². The number of pyridine rings is 1. The van der Waals surface area contributed by atoms with E-state index in [-0.39, 0.29) is 17.1 Å². The molecular weight excluding hydrogens is 356 g/mol. The van der Waals surface area contributed by atoms with Crippen LogP contribution in [0.3, 0.4) is 0 Å². The number of aromatic nitrogens is 1. The van der Waals surface area contributed by atoms with Crippen molar-refractivity contribution in [2.45, 2.75) is 19.6 Å². The highest BCUT2D eigenvalue weighted by Crippen LogP contribution is 2.29. The SMILES string of the molecule is CC1(C)OC(=O)C(=Cc2ccc(Oc3ncccc3[N+](=O)[O-])cc2)C(=O)O1. The predicted molar refractivity (Wildman–Crippen MR) is 91.6 cm³/mol. The normalized spacial score (nSPS) is 15.6. The van der Waals surface area contributed by atoms with Gasteiger partial charge in [0.2, 0.25) is 0 Å². The number of rotatable bonds is 4. The summed E-state index contributed by atoms with van der Waals surface area (Å²) in [7, 11) is 0. The Hall–Kier alpha value is -3.75. The van der Waals surface area contributed by atoms with E-state index in [1.807, 2.05) is 0 Å². The molecule has 0 saturated carbocycles. The van der Waals surface area contributed by atoms with E-state index in [1.165, 1.54) is 50.4 Å². The first kappa shape index (κ1) is 18.1. The van der Waals surface area contributed by atoms with Gasteiger partial charge in [0.15, 0.2) is 0 Å². The number of esters is 2. The Bertz CT molecular complexity index is 926. The molecule has 2 heterocycles. The highest BCUT2D eigenvalue weighted by atomic mass is 16.7. The number of cyclic esters (lactones) is 2. The zero-order valence-corrected chi connectivity index (χ0v) is 14.4.